The van der Waals surface area contributed by atoms with Crippen LogP contribution in [0.4, 0.5) is 4.39 Å². The molecule has 2 heterocycles. The minimum absolute atomic E-state index is 0.141. The molecule has 2 aromatic rings. The highest BCUT2D eigenvalue weighted by Gasteiger charge is 2.27. The summed E-state index contributed by atoms with van der Waals surface area (Å²) in [4.78, 5) is 0. The summed E-state index contributed by atoms with van der Waals surface area (Å²) in [6, 6.07) is 5.57. The van der Waals surface area contributed by atoms with Crippen molar-refractivity contribution in [3.63, 3.8) is 0 Å². The van der Waals surface area contributed by atoms with Crippen molar-refractivity contribution >= 4 is 0 Å². The molecule has 1 N–H and O–H groups in total. The van der Waals surface area contributed by atoms with Gasteiger partial charge < -0.3 is 9.88 Å². The van der Waals surface area contributed by atoms with E-state index in [-0.39, 0.29) is 17.9 Å². The van der Waals surface area contributed by atoms with E-state index < -0.39 is 0 Å². The number of halogens is 1. The van der Waals surface area contributed by atoms with Gasteiger partial charge in [-0.25, -0.2) is 4.39 Å². The number of nitrogens with zero attached hydrogens (tertiary/aromatic N) is 3. The topological polar surface area (TPSA) is 42.7 Å². The maximum atomic E-state index is 13.3. The standard InChI is InChI=1S/C16H19FN4/c1-10(16-20-19-15-3-2-8-21(15)16)18-14-7-4-11-9-12(17)5-6-13(11)14/h5-6,9-10,14,18H,2-4,7-8H2,1H3. The van der Waals surface area contributed by atoms with Gasteiger partial charge >= 0.3 is 0 Å². The molecule has 110 valence electrons. The Morgan fingerprint density at radius 1 is 1.33 bits per heavy atom. The lowest BCUT2D eigenvalue weighted by molar-refractivity contribution is 0.437. The maximum absolute atomic E-state index is 13.3. The zero-order valence-electron chi connectivity index (χ0n) is 12.1. The Kier molecular flexibility index (Phi) is 3.03. The van der Waals surface area contributed by atoms with Crippen molar-refractivity contribution in [2.75, 3.05) is 0 Å². The lowest BCUT2D eigenvalue weighted by Crippen LogP contribution is -2.25. The van der Waals surface area contributed by atoms with Crippen molar-refractivity contribution in [3.8, 4) is 0 Å². The van der Waals surface area contributed by atoms with Crippen LogP contribution in [-0.4, -0.2) is 14.8 Å². The van der Waals surface area contributed by atoms with Crippen molar-refractivity contribution in [3.05, 3.63) is 46.8 Å². The molecule has 0 saturated carbocycles. The van der Waals surface area contributed by atoms with Gasteiger partial charge in [-0.1, -0.05) is 6.07 Å². The highest BCUT2D eigenvalue weighted by atomic mass is 19.1. The SMILES string of the molecule is CC(NC1CCc2cc(F)ccc21)c1nnc2n1CCC2. The molecule has 2 unspecified atom stereocenters. The lowest BCUT2D eigenvalue weighted by atomic mass is 10.1. The first-order chi connectivity index (χ1) is 10.2. The summed E-state index contributed by atoms with van der Waals surface area (Å²) in [6.45, 7) is 3.16. The molecule has 21 heavy (non-hydrogen) atoms. The number of aryl methyl sites for hydroxylation is 2. The molecule has 0 bridgehead atoms. The van der Waals surface area contributed by atoms with Crippen molar-refractivity contribution in [2.45, 2.75) is 51.2 Å². The molecule has 5 heteroatoms. The predicted molar refractivity (Wildman–Crippen MR) is 77.4 cm³/mol. The van der Waals surface area contributed by atoms with Crippen LogP contribution in [0.25, 0.3) is 0 Å². The fourth-order valence-corrected chi connectivity index (χ4v) is 3.63. The van der Waals surface area contributed by atoms with E-state index in [2.05, 4.69) is 27.0 Å². The van der Waals surface area contributed by atoms with Crippen LogP contribution in [0.5, 0.6) is 0 Å². The summed E-state index contributed by atoms with van der Waals surface area (Å²) in [5, 5.41) is 12.3. The Morgan fingerprint density at radius 2 is 2.24 bits per heavy atom. The van der Waals surface area contributed by atoms with Crippen LogP contribution in [0.15, 0.2) is 18.2 Å². The van der Waals surface area contributed by atoms with Gasteiger partial charge in [0.1, 0.15) is 17.5 Å². The molecule has 4 rings (SSSR count). The molecule has 0 saturated heterocycles. The smallest absolute Gasteiger partial charge is 0.149 e. The van der Waals surface area contributed by atoms with E-state index in [1.54, 1.807) is 12.1 Å². The molecule has 1 aliphatic heterocycles. The Bertz CT molecular complexity index is 679. The molecule has 1 aliphatic carbocycles. The molecular weight excluding hydrogens is 267 g/mol. The first-order valence-electron chi connectivity index (χ1n) is 7.69. The molecule has 0 spiro atoms. The van der Waals surface area contributed by atoms with Gasteiger partial charge in [-0.2, -0.15) is 0 Å². The molecule has 4 nitrogen and oxygen atoms in total. The number of hydrogen-bond donors (Lipinski definition) is 1. The number of benzene rings is 1. The van der Waals surface area contributed by atoms with Crippen LogP contribution in [0, 0.1) is 5.82 Å². The van der Waals surface area contributed by atoms with E-state index in [0.29, 0.717) is 0 Å². The summed E-state index contributed by atoms with van der Waals surface area (Å²) in [6.07, 6.45) is 4.15. The third-order valence-electron chi connectivity index (χ3n) is 4.66. The van der Waals surface area contributed by atoms with Crippen molar-refractivity contribution in [2.24, 2.45) is 0 Å². The average Bonchev–Trinajstić information content (AvgIpc) is 3.13. The van der Waals surface area contributed by atoms with Crippen LogP contribution in [0.1, 0.15) is 54.6 Å². The molecule has 0 amide bonds. The Hall–Kier alpha value is -1.75. The second-order valence-corrected chi connectivity index (χ2v) is 6.05. The van der Waals surface area contributed by atoms with Crippen LogP contribution in [0.2, 0.25) is 0 Å². The van der Waals surface area contributed by atoms with Gasteiger partial charge in [0, 0.05) is 19.0 Å². The molecule has 1 aromatic heterocycles. The zero-order chi connectivity index (χ0) is 14.4. The number of rotatable bonds is 3. The average molecular weight is 286 g/mol. The fourth-order valence-electron chi connectivity index (χ4n) is 3.63. The van der Waals surface area contributed by atoms with E-state index in [4.69, 9.17) is 0 Å². The molecule has 2 aliphatic rings. The minimum atomic E-state index is -0.141. The predicted octanol–water partition coefficient (Wildman–Crippen LogP) is 2.70. The van der Waals surface area contributed by atoms with Gasteiger partial charge in [0.2, 0.25) is 0 Å². The van der Waals surface area contributed by atoms with Crippen LogP contribution in [-0.2, 0) is 19.4 Å². The Morgan fingerprint density at radius 3 is 3.14 bits per heavy atom. The number of fused-ring (bicyclic) bond motifs is 2. The van der Waals surface area contributed by atoms with E-state index in [1.807, 2.05) is 6.07 Å². The monoisotopic (exact) mass is 286 g/mol. The number of nitrogens with one attached hydrogen (secondary N) is 1. The van der Waals surface area contributed by atoms with Gasteiger partial charge in [-0.05, 0) is 49.4 Å². The van der Waals surface area contributed by atoms with Crippen molar-refractivity contribution in [1.82, 2.24) is 20.1 Å². The molecular formula is C16H19FN4. The van der Waals surface area contributed by atoms with Gasteiger partial charge in [-0.15, -0.1) is 10.2 Å². The van der Waals surface area contributed by atoms with Crippen LogP contribution < -0.4 is 5.32 Å². The number of hydrogen-bond acceptors (Lipinski definition) is 3. The third-order valence-corrected chi connectivity index (χ3v) is 4.66. The summed E-state index contributed by atoms with van der Waals surface area (Å²) in [5.41, 5.74) is 2.36. The fraction of sp³-hybridized carbons (Fsp3) is 0.500. The summed E-state index contributed by atoms with van der Waals surface area (Å²) < 4.78 is 15.5. The quantitative estimate of drug-likeness (QED) is 0.943. The summed E-state index contributed by atoms with van der Waals surface area (Å²) >= 11 is 0. The highest BCUT2D eigenvalue weighted by Crippen LogP contribution is 2.33. The van der Waals surface area contributed by atoms with Gasteiger partial charge in [0.05, 0.1) is 6.04 Å². The van der Waals surface area contributed by atoms with E-state index in [0.717, 1.165) is 49.4 Å². The normalized spacial score (nSPS) is 21.3. The van der Waals surface area contributed by atoms with Crippen molar-refractivity contribution in [1.29, 1.82) is 0 Å². The van der Waals surface area contributed by atoms with Gasteiger partial charge in [0.25, 0.3) is 0 Å². The third kappa shape index (κ3) is 2.16. The van der Waals surface area contributed by atoms with E-state index in [1.165, 1.54) is 5.56 Å². The van der Waals surface area contributed by atoms with E-state index >= 15 is 0 Å². The highest BCUT2D eigenvalue weighted by molar-refractivity contribution is 5.35. The molecule has 1 aromatic carbocycles. The molecule has 0 radical (unpaired) electrons. The first-order valence-corrected chi connectivity index (χ1v) is 7.69. The lowest BCUT2D eigenvalue weighted by Gasteiger charge is -2.20. The summed E-state index contributed by atoms with van der Waals surface area (Å²) in [5.74, 6) is 1.99. The second-order valence-electron chi connectivity index (χ2n) is 6.05. The summed E-state index contributed by atoms with van der Waals surface area (Å²) in [7, 11) is 0. The Labute approximate surface area is 123 Å². The van der Waals surface area contributed by atoms with Gasteiger partial charge in [-0.3, -0.25) is 0 Å². The zero-order valence-corrected chi connectivity index (χ0v) is 12.1. The van der Waals surface area contributed by atoms with Gasteiger partial charge in [0.15, 0.2) is 0 Å². The minimum Gasteiger partial charge on any atom is -0.314 e. The van der Waals surface area contributed by atoms with Crippen LogP contribution >= 0.6 is 0 Å². The van der Waals surface area contributed by atoms with E-state index in [9.17, 15) is 4.39 Å². The second kappa shape index (κ2) is 4.91. The molecule has 0 fully saturated rings. The Balaban J connectivity index is 1.55. The first kappa shape index (κ1) is 13.0. The largest absolute Gasteiger partial charge is 0.314 e. The van der Waals surface area contributed by atoms with Crippen LogP contribution in [0.3, 0.4) is 0 Å². The maximum Gasteiger partial charge on any atom is 0.149 e. The number of aromatic nitrogens is 3. The van der Waals surface area contributed by atoms with Crippen molar-refractivity contribution < 1.29 is 4.39 Å². The molecule has 2 atom stereocenters.